The molecule has 2 rings (SSSR count). The third-order valence-corrected chi connectivity index (χ3v) is 2.42. The fraction of sp³-hybridized carbons (Fsp3) is 0.200. The zero-order valence-corrected chi connectivity index (χ0v) is 8.25. The summed E-state index contributed by atoms with van der Waals surface area (Å²) in [6.45, 7) is 0.209. The van der Waals surface area contributed by atoms with E-state index in [4.69, 9.17) is 17.3 Å². The van der Waals surface area contributed by atoms with Crippen molar-refractivity contribution in [3.8, 4) is 0 Å². The van der Waals surface area contributed by atoms with Crippen LogP contribution in [0, 0.1) is 0 Å². The number of aromatic amines is 1. The predicted octanol–water partition coefficient (Wildman–Crippen LogP) is 1.81. The Bertz CT molecular complexity index is 452. The van der Waals surface area contributed by atoms with Crippen LogP contribution in [0.5, 0.6) is 0 Å². The van der Waals surface area contributed by atoms with Gasteiger partial charge in [0, 0.05) is 28.2 Å². The molecule has 0 fully saturated rings. The van der Waals surface area contributed by atoms with Crippen molar-refractivity contribution in [2.24, 2.45) is 5.73 Å². The molecule has 0 saturated carbocycles. The number of fused-ring (bicyclic) bond motifs is 1. The number of benzene rings is 1. The van der Waals surface area contributed by atoms with Crippen molar-refractivity contribution in [2.75, 3.05) is 6.54 Å². The molecule has 0 aliphatic carbocycles. The van der Waals surface area contributed by atoms with E-state index in [0.717, 1.165) is 16.6 Å². The molecular formula is C10H11ClN2O. The Morgan fingerprint density at radius 3 is 2.93 bits per heavy atom. The highest BCUT2D eigenvalue weighted by Gasteiger charge is 2.08. The molecule has 4 N–H and O–H groups in total. The summed E-state index contributed by atoms with van der Waals surface area (Å²) in [5, 5.41) is 11.2. The van der Waals surface area contributed by atoms with Crippen molar-refractivity contribution in [1.82, 2.24) is 4.98 Å². The Kier molecular flexibility index (Phi) is 2.46. The van der Waals surface area contributed by atoms with Crippen molar-refractivity contribution >= 4 is 22.5 Å². The van der Waals surface area contributed by atoms with Gasteiger partial charge in [-0.25, -0.2) is 0 Å². The second kappa shape index (κ2) is 3.61. The van der Waals surface area contributed by atoms with Gasteiger partial charge in [-0.1, -0.05) is 11.6 Å². The van der Waals surface area contributed by atoms with Crippen LogP contribution in [0.1, 0.15) is 11.8 Å². The lowest BCUT2D eigenvalue weighted by molar-refractivity contribution is 0.183. The molecule has 0 aliphatic heterocycles. The molecule has 1 unspecified atom stereocenters. The van der Waals surface area contributed by atoms with Crippen molar-refractivity contribution in [1.29, 1.82) is 0 Å². The lowest BCUT2D eigenvalue weighted by atomic mass is 10.2. The van der Waals surface area contributed by atoms with Gasteiger partial charge in [-0.05, 0) is 24.3 Å². The van der Waals surface area contributed by atoms with Crippen molar-refractivity contribution < 1.29 is 5.11 Å². The molecular weight excluding hydrogens is 200 g/mol. The first-order valence-corrected chi connectivity index (χ1v) is 4.75. The zero-order valence-electron chi connectivity index (χ0n) is 7.50. The molecule has 0 aliphatic rings. The molecule has 0 radical (unpaired) electrons. The maximum Gasteiger partial charge on any atom is 0.106 e. The molecule has 4 heteroatoms. The SMILES string of the molecule is NCC(O)c1cc2cc(Cl)ccc2[nH]1. The summed E-state index contributed by atoms with van der Waals surface area (Å²) in [5.41, 5.74) is 7.04. The third kappa shape index (κ3) is 1.62. The number of aliphatic hydroxyl groups excluding tert-OH is 1. The fourth-order valence-electron chi connectivity index (χ4n) is 1.43. The van der Waals surface area contributed by atoms with E-state index in [0.29, 0.717) is 5.02 Å². The standard InChI is InChI=1S/C10H11ClN2O/c11-7-1-2-8-6(3-7)4-9(13-8)10(14)5-12/h1-4,10,13-14H,5,12H2. The number of hydrogen-bond donors (Lipinski definition) is 3. The molecule has 0 amide bonds. The molecule has 1 aromatic carbocycles. The highest BCUT2D eigenvalue weighted by atomic mass is 35.5. The summed E-state index contributed by atoms with van der Waals surface area (Å²) in [7, 11) is 0. The van der Waals surface area contributed by atoms with Crippen molar-refractivity contribution in [3.05, 3.63) is 35.0 Å². The van der Waals surface area contributed by atoms with Gasteiger partial charge in [0.25, 0.3) is 0 Å². The highest BCUT2D eigenvalue weighted by molar-refractivity contribution is 6.31. The van der Waals surface area contributed by atoms with Gasteiger partial charge >= 0.3 is 0 Å². The van der Waals surface area contributed by atoms with Gasteiger partial charge in [0.05, 0.1) is 0 Å². The first-order valence-electron chi connectivity index (χ1n) is 4.37. The van der Waals surface area contributed by atoms with Crippen LogP contribution in [0.25, 0.3) is 10.9 Å². The summed E-state index contributed by atoms with van der Waals surface area (Å²) in [4.78, 5) is 3.08. The smallest absolute Gasteiger partial charge is 0.106 e. The van der Waals surface area contributed by atoms with E-state index in [1.54, 1.807) is 6.07 Å². The predicted molar refractivity (Wildman–Crippen MR) is 57.3 cm³/mol. The van der Waals surface area contributed by atoms with E-state index in [1.165, 1.54) is 0 Å². The highest BCUT2D eigenvalue weighted by Crippen LogP contribution is 2.22. The summed E-state index contributed by atoms with van der Waals surface area (Å²) >= 11 is 5.84. The van der Waals surface area contributed by atoms with Crippen LogP contribution in [0.15, 0.2) is 24.3 Å². The monoisotopic (exact) mass is 210 g/mol. The number of H-pyrrole nitrogens is 1. The number of aromatic nitrogens is 1. The molecule has 1 heterocycles. The Balaban J connectivity index is 2.51. The van der Waals surface area contributed by atoms with Crippen LogP contribution in [0.2, 0.25) is 5.02 Å². The summed E-state index contributed by atoms with van der Waals surface area (Å²) in [5.74, 6) is 0. The fourth-order valence-corrected chi connectivity index (χ4v) is 1.61. The van der Waals surface area contributed by atoms with Crippen LogP contribution in [-0.4, -0.2) is 16.6 Å². The topological polar surface area (TPSA) is 62.0 Å². The number of hydrogen-bond acceptors (Lipinski definition) is 2. The number of rotatable bonds is 2. The number of aliphatic hydroxyl groups is 1. The summed E-state index contributed by atoms with van der Waals surface area (Å²) in [6.07, 6.45) is -0.638. The molecule has 1 atom stereocenters. The minimum Gasteiger partial charge on any atom is -0.386 e. The van der Waals surface area contributed by atoms with E-state index >= 15 is 0 Å². The van der Waals surface area contributed by atoms with E-state index in [-0.39, 0.29) is 6.54 Å². The molecule has 2 aromatic rings. The third-order valence-electron chi connectivity index (χ3n) is 2.19. The lowest BCUT2D eigenvalue weighted by Crippen LogP contribution is -2.11. The van der Waals surface area contributed by atoms with Crippen LogP contribution < -0.4 is 5.73 Å². The Morgan fingerprint density at radius 2 is 2.21 bits per heavy atom. The molecule has 0 saturated heterocycles. The van der Waals surface area contributed by atoms with Crippen molar-refractivity contribution in [2.45, 2.75) is 6.10 Å². The van der Waals surface area contributed by atoms with Crippen LogP contribution in [0.3, 0.4) is 0 Å². The lowest BCUT2D eigenvalue weighted by Gasteiger charge is -2.02. The minimum atomic E-state index is -0.638. The number of nitrogens with two attached hydrogens (primary N) is 1. The van der Waals surface area contributed by atoms with Gasteiger partial charge < -0.3 is 15.8 Å². The van der Waals surface area contributed by atoms with E-state index in [1.807, 2.05) is 18.2 Å². The maximum atomic E-state index is 9.51. The number of nitrogens with one attached hydrogen (secondary N) is 1. The summed E-state index contributed by atoms with van der Waals surface area (Å²) < 4.78 is 0. The van der Waals surface area contributed by atoms with Crippen LogP contribution >= 0.6 is 11.6 Å². The van der Waals surface area contributed by atoms with Gasteiger partial charge in [-0.2, -0.15) is 0 Å². The minimum absolute atomic E-state index is 0.209. The van der Waals surface area contributed by atoms with Crippen LogP contribution in [0.4, 0.5) is 0 Å². The Labute approximate surface area is 86.5 Å². The molecule has 74 valence electrons. The average Bonchev–Trinajstić information content (AvgIpc) is 2.59. The van der Waals surface area contributed by atoms with E-state index < -0.39 is 6.10 Å². The average molecular weight is 211 g/mol. The van der Waals surface area contributed by atoms with Gasteiger partial charge in [0.1, 0.15) is 6.10 Å². The molecule has 0 bridgehead atoms. The second-order valence-electron chi connectivity index (χ2n) is 3.21. The number of halogens is 1. The van der Waals surface area contributed by atoms with Crippen LogP contribution in [-0.2, 0) is 0 Å². The zero-order chi connectivity index (χ0) is 10.1. The molecule has 3 nitrogen and oxygen atoms in total. The molecule has 1 aromatic heterocycles. The van der Waals surface area contributed by atoms with Crippen molar-refractivity contribution in [3.63, 3.8) is 0 Å². The van der Waals surface area contributed by atoms with E-state index in [9.17, 15) is 5.11 Å². The van der Waals surface area contributed by atoms with Gasteiger partial charge in [0.2, 0.25) is 0 Å². The Morgan fingerprint density at radius 1 is 1.43 bits per heavy atom. The molecule has 14 heavy (non-hydrogen) atoms. The summed E-state index contributed by atoms with van der Waals surface area (Å²) in [6, 6.07) is 7.39. The molecule has 0 spiro atoms. The Hall–Kier alpha value is -1.03. The first-order chi connectivity index (χ1) is 6.70. The van der Waals surface area contributed by atoms with Gasteiger partial charge in [-0.3, -0.25) is 0 Å². The largest absolute Gasteiger partial charge is 0.386 e. The quantitative estimate of drug-likeness (QED) is 0.708. The second-order valence-corrected chi connectivity index (χ2v) is 3.64. The van der Waals surface area contributed by atoms with Gasteiger partial charge in [0.15, 0.2) is 0 Å². The first kappa shape index (κ1) is 9.52. The van der Waals surface area contributed by atoms with E-state index in [2.05, 4.69) is 4.98 Å². The maximum absolute atomic E-state index is 9.51. The normalized spacial score (nSPS) is 13.4. The van der Waals surface area contributed by atoms with Gasteiger partial charge in [-0.15, -0.1) is 0 Å².